The lowest BCUT2D eigenvalue weighted by Gasteiger charge is -2.14. The molecule has 1 amide bonds. The Morgan fingerprint density at radius 2 is 2.14 bits per heavy atom. The van der Waals surface area contributed by atoms with E-state index in [0.29, 0.717) is 12.2 Å². The fourth-order valence-corrected chi connectivity index (χ4v) is 4.11. The van der Waals surface area contributed by atoms with Crippen LogP contribution in [0.4, 0.5) is 16.3 Å². The molecule has 7 nitrogen and oxygen atoms in total. The van der Waals surface area contributed by atoms with Crippen molar-refractivity contribution in [2.75, 3.05) is 5.32 Å². The summed E-state index contributed by atoms with van der Waals surface area (Å²) in [6.07, 6.45) is 3.54. The Bertz CT molecular complexity index is 890. The average molecular weight is 382 g/mol. The van der Waals surface area contributed by atoms with E-state index in [9.17, 15) is 9.59 Å². The van der Waals surface area contributed by atoms with Gasteiger partial charge in [-0.2, -0.15) is 5.10 Å². The number of rotatable bonds is 5. The largest absolute Gasteiger partial charge is 0.446 e. The number of Topliss-reactive ketones (excluding diaryl/α,β-unsaturated/α-hetero) is 1. The van der Waals surface area contributed by atoms with E-state index in [1.54, 1.807) is 0 Å². The molecule has 28 heavy (non-hydrogen) atoms. The van der Waals surface area contributed by atoms with E-state index in [-0.39, 0.29) is 29.9 Å². The smallest absolute Gasteiger partial charge is 0.407 e. The van der Waals surface area contributed by atoms with Gasteiger partial charge in [-0.3, -0.25) is 9.89 Å². The Morgan fingerprint density at radius 3 is 2.96 bits per heavy atom. The zero-order valence-electron chi connectivity index (χ0n) is 16.2. The number of hydrogen-bond donors (Lipinski definition) is 3. The van der Waals surface area contributed by atoms with Gasteiger partial charge in [-0.15, -0.1) is 0 Å². The van der Waals surface area contributed by atoms with E-state index in [2.05, 4.69) is 20.8 Å². The second-order valence-corrected chi connectivity index (χ2v) is 7.93. The van der Waals surface area contributed by atoms with Crippen molar-refractivity contribution in [1.29, 1.82) is 0 Å². The molecular formula is C21H26N4O3. The summed E-state index contributed by atoms with van der Waals surface area (Å²) >= 11 is 0. The number of amides is 1. The highest BCUT2D eigenvalue weighted by Gasteiger charge is 2.30. The van der Waals surface area contributed by atoms with E-state index in [1.807, 2.05) is 38.1 Å². The summed E-state index contributed by atoms with van der Waals surface area (Å²) in [5.41, 5.74) is 3.73. The zero-order valence-corrected chi connectivity index (χ0v) is 16.2. The number of alkyl carbamates (subject to hydrolysis) is 1. The Morgan fingerprint density at radius 1 is 1.29 bits per heavy atom. The lowest BCUT2D eigenvalue weighted by atomic mass is 10.0. The van der Waals surface area contributed by atoms with Crippen molar-refractivity contribution in [2.45, 2.75) is 64.0 Å². The third kappa shape index (κ3) is 3.88. The van der Waals surface area contributed by atoms with E-state index in [4.69, 9.17) is 4.74 Å². The third-order valence-electron chi connectivity index (χ3n) is 5.42. The first kappa shape index (κ1) is 18.5. The molecule has 1 fully saturated rings. The summed E-state index contributed by atoms with van der Waals surface area (Å²) in [5.74, 6) is 1.16. The van der Waals surface area contributed by atoms with Gasteiger partial charge in [-0.1, -0.05) is 12.1 Å². The molecule has 0 aliphatic heterocycles. The maximum Gasteiger partial charge on any atom is 0.407 e. The second kappa shape index (κ2) is 7.66. The highest BCUT2D eigenvalue weighted by Crippen LogP contribution is 2.36. The molecule has 0 bridgehead atoms. The molecule has 3 N–H and O–H groups in total. The summed E-state index contributed by atoms with van der Waals surface area (Å²) < 4.78 is 5.50. The van der Waals surface area contributed by atoms with Crippen LogP contribution in [0, 0.1) is 0 Å². The standard InChI is InChI=1S/C21H26N4O3/c1-12(2)22-21(27)28-15-8-6-14(10-15)17-11-19(25-24-17)23-16-5-3-4-13-7-9-18(26)20(13)16/h3-5,11-12,14-15H,6-10H2,1-2H3,(H,22,27)(H2,23,24,25)/t14-,15?/m0/s1. The number of benzene rings is 1. The maximum absolute atomic E-state index is 12.2. The molecule has 0 radical (unpaired) electrons. The molecule has 1 unspecified atom stereocenters. The molecule has 2 aliphatic rings. The minimum atomic E-state index is -0.352. The molecule has 7 heteroatoms. The quantitative estimate of drug-likeness (QED) is 0.725. The van der Waals surface area contributed by atoms with Gasteiger partial charge >= 0.3 is 6.09 Å². The van der Waals surface area contributed by atoms with Crippen LogP contribution in [0.15, 0.2) is 24.3 Å². The molecule has 1 aromatic heterocycles. The molecule has 0 spiro atoms. The SMILES string of the molecule is CC(C)NC(=O)OC1CC[C@H](c2cc(Nc3cccc4c3C(=O)CC4)n[nH]2)C1. The van der Waals surface area contributed by atoms with Crippen molar-refractivity contribution in [3.63, 3.8) is 0 Å². The number of fused-ring (bicyclic) bond motifs is 1. The van der Waals surface area contributed by atoms with Crippen LogP contribution >= 0.6 is 0 Å². The predicted molar refractivity (Wildman–Crippen MR) is 106 cm³/mol. The number of carbonyl (C=O) groups excluding carboxylic acids is 2. The van der Waals surface area contributed by atoms with Gasteiger partial charge in [-0.05, 0) is 51.2 Å². The Labute approximate surface area is 164 Å². The average Bonchev–Trinajstić information content (AvgIpc) is 3.35. The van der Waals surface area contributed by atoms with E-state index in [0.717, 1.165) is 48.2 Å². The normalized spacial score (nSPS) is 21.0. The van der Waals surface area contributed by atoms with Crippen molar-refractivity contribution in [3.05, 3.63) is 41.1 Å². The number of nitrogens with one attached hydrogen (secondary N) is 3. The van der Waals surface area contributed by atoms with Gasteiger partial charge in [0, 0.05) is 35.7 Å². The van der Waals surface area contributed by atoms with Crippen LogP contribution in [0.1, 0.15) is 67.1 Å². The Kier molecular flexibility index (Phi) is 5.07. The number of aromatic amines is 1. The molecule has 2 aromatic rings. The lowest BCUT2D eigenvalue weighted by Crippen LogP contribution is -2.33. The van der Waals surface area contributed by atoms with Crippen LogP contribution in [0.3, 0.4) is 0 Å². The van der Waals surface area contributed by atoms with Gasteiger partial charge in [0.05, 0.1) is 5.69 Å². The highest BCUT2D eigenvalue weighted by atomic mass is 16.6. The van der Waals surface area contributed by atoms with Crippen LogP contribution < -0.4 is 10.6 Å². The molecule has 2 atom stereocenters. The molecule has 4 rings (SSSR count). The number of ketones is 1. The van der Waals surface area contributed by atoms with Gasteiger partial charge < -0.3 is 15.4 Å². The summed E-state index contributed by atoms with van der Waals surface area (Å²) in [6, 6.07) is 7.95. The third-order valence-corrected chi connectivity index (χ3v) is 5.42. The number of hydrogen-bond acceptors (Lipinski definition) is 5. The van der Waals surface area contributed by atoms with Crippen LogP contribution in [0.5, 0.6) is 0 Å². The number of anilines is 2. The van der Waals surface area contributed by atoms with Gasteiger partial charge in [0.15, 0.2) is 11.6 Å². The summed E-state index contributed by atoms with van der Waals surface area (Å²) in [6.45, 7) is 3.82. The van der Waals surface area contributed by atoms with Crippen LogP contribution in [-0.2, 0) is 11.2 Å². The molecule has 1 heterocycles. The second-order valence-electron chi connectivity index (χ2n) is 7.93. The lowest BCUT2D eigenvalue weighted by molar-refractivity contribution is 0.0977. The first-order valence-electron chi connectivity index (χ1n) is 9.94. The summed E-state index contributed by atoms with van der Waals surface area (Å²) in [7, 11) is 0. The fourth-order valence-electron chi connectivity index (χ4n) is 4.11. The van der Waals surface area contributed by atoms with Crippen molar-refractivity contribution in [3.8, 4) is 0 Å². The van der Waals surface area contributed by atoms with Crippen molar-refractivity contribution in [1.82, 2.24) is 15.5 Å². The number of aryl methyl sites for hydroxylation is 1. The van der Waals surface area contributed by atoms with Gasteiger partial charge in [0.1, 0.15) is 6.10 Å². The molecule has 0 saturated heterocycles. The zero-order chi connectivity index (χ0) is 19.7. The highest BCUT2D eigenvalue weighted by molar-refractivity contribution is 6.05. The van der Waals surface area contributed by atoms with Gasteiger partial charge in [0.25, 0.3) is 0 Å². The number of aromatic nitrogens is 2. The fraction of sp³-hybridized carbons (Fsp3) is 0.476. The minimum Gasteiger partial charge on any atom is -0.446 e. The molecule has 148 valence electrons. The predicted octanol–water partition coefficient (Wildman–Crippen LogP) is 4.05. The first-order chi connectivity index (χ1) is 13.5. The van der Waals surface area contributed by atoms with Crippen molar-refractivity contribution >= 4 is 23.4 Å². The molecule has 2 aliphatic carbocycles. The number of carbonyl (C=O) groups is 2. The number of H-pyrrole nitrogens is 1. The Hall–Kier alpha value is -2.83. The monoisotopic (exact) mass is 382 g/mol. The van der Waals surface area contributed by atoms with Gasteiger partial charge in [-0.25, -0.2) is 4.79 Å². The molecular weight excluding hydrogens is 356 g/mol. The van der Waals surface area contributed by atoms with Gasteiger partial charge in [0.2, 0.25) is 0 Å². The number of nitrogens with zero attached hydrogens (tertiary/aromatic N) is 1. The summed E-state index contributed by atoms with van der Waals surface area (Å²) in [5, 5.41) is 13.5. The van der Waals surface area contributed by atoms with E-state index in [1.165, 1.54) is 0 Å². The minimum absolute atomic E-state index is 0.0669. The van der Waals surface area contributed by atoms with Crippen LogP contribution in [0.2, 0.25) is 0 Å². The first-order valence-corrected chi connectivity index (χ1v) is 9.94. The van der Waals surface area contributed by atoms with E-state index < -0.39 is 0 Å². The van der Waals surface area contributed by atoms with Crippen molar-refractivity contribution in [2.24, 2.45) is 0 Å². The maximum atomic E-state index is 12.2. The topological polar surface area (TPSA) is 96.1 Å². The van der Waals surface area contributed by atoms with E-state index >= 15 is 0 Å². The van der Waals surface area contributed by atoms with Crippen LogP contribution in [0.25, 0.3) is 0 Å². The van der Waals surface area contributed by atoms with Crippen molar-refractivity contribution < 1.29 is 14.3 Å². The molecule has 1 aromatic carbocycles. The molecule has 1 saturated carbocycles. The summed E-state index contributed by atoms with van der Waals surface area (Å²) in [4.78, 5) is 24.0. The van der Waals surface area contributed by atoms with Crippen LogP contribution in [-0.4, -0.2) is 34.2 Å². The Balaban J connectivity index is 1.39. The number of ether oxygens (including phenoxy) is 1.